The Bertz CT molecular complexity index is 3380. The highest BCUT2D eigenvalue weighted by Gasteiger charge is 2.59. The number of H-pyrrole nitrogens is 1. The summed E-state index contributed by atoms with van der Waals surface area (Å²) in [6, 6.07) is 14.3. The summed E-state index contributed by atoms with van der Waals surface area (Å²) in [5.41, 5.74) is 3.92. The Kier molecular flexibility index (Phi) is 9.00. The molecular formula is C48H48F2N10O5. The molecule has 17 heteroatoms. The fraction of sp³-hybridized carbons (Fsp3) is 0.375. The van der Waals surface area contributed by atoms with E-state index in [1.807, 2.05) is 17.6 Å². The molecule has 3 aromatic carbocycles. The molecule has 5 aromatic heterocycles. The van der Waals surface area contributed by atoms with Gasteiger partial charge in [-0.1, -0.05) is 18.1 Å². The number of benzene rings is 3. The van der Waals surface area contributed by atoms with Crippen LogP contribution < -0.4 is 11.4 Å². The highest BCUT2D eigenvalue weighted by molar-refractivity contribution is 6.00. The molecule has 8 aromatic rings. The molecule has 1 amide bonds. The SMILES string of the molecule is Cc1cc(-n2nc3c(c2-n2ccn(-c4ccc5c(cnn5C)c4F)c2=O)[C@@H](C)N(C(=O)c2cc4cc([C@@H]5CCOC(C)(C)C5)ccc4n2[C@@]2(c4noc(=O)[nH]4)C[C@H]2C)CC3)cc(C)c1F. The molecule has 2 fully saturated rings. The Balaban J connectivity index is 1.06. The zero-order valence-electron chi connectivity index (χ0n) is 37.1. The first-order valence-corrected chi connectivity index (χ1v) is 22.0. The summed E-state index contributed by atoms with van der Waals surface area (Å²) in [5, 5.41) is 14.6. The van der Waals surface area contributed by atoms with Crippen molar-refractivity contribution < 1.29 is 22.8 Å². The monoisotopic (exact) mass is 882 g/mol. The molecule has 0 unspecified atom stereocenters. The maximum absolute atomic E-state index is 16.1. The van der Waals surface area contributed by atoms with E-state index in [0.29, 0.717) is 76.9 Å². The number of amides is 1. The second-order valence-electron chi connectivity index (χ2n) is 18.8. The van der Waals surface area contributed by atoms with Gasteiger partial charge in [-0.2, -0.15) is 10.2 Å². The summed E-state index contributed by atoms with van der Waals surface area (Å²) in [6.45, 7) is 12.5. The smallest absolute Gasteiger partial charge is 0.376 e. The number of ether oxygens (including phenoxy) is 1. The lowest BCUT2D eigenvalue weighted by atomic mass is 9.83. The summed E-state index contributed by atoms with van der Waals surface area (Å²) in [4.78, 5) is 47.2. The van der Waals surface area contributed by atoms with Crippen molar-refractivity contribution in [2.75, 3.05) is 13.2 Å². The fourth-order valence-corrected chi connectivity index (χ4v) is 10.8. The minimum absolute atomic E-state index is 0.00109. The van der Waals surface area contributed by atoms with Gasteiger partial charge in [0.05, 0.1) is 45.8 Å². The molecule has 334 valence electrons. The number of imidazole rings is 1. The van der Waals surface area contributed by atoms with Crippen LogP contribution in [0, 0.1) is 31.4 Å². The third-order valence-corrected chi connectivity index (χ3v) is 14.2. The predicted molar refractivity (Wildman–Crippen MR) is 237 cm³/mol. The standard InChI is InChI=1S/C48H48F2N10O5/c1-25-18-32(19-26(2)40(25)49)60-42(58-16-15-57(46(58)63)37-11-10-36-33(41(37)50)24-51-55(36)7)39-28(4)56(14-12-34(39)53-60)43(61)38-21-31-20-29(30-13-17-64-47(5,6)23-30)8-9-35(31)59(38)48(22-27(48)3)44-52-45(62)65-54-44/h8-11,15-16,18-21,24,27-28,30H,12-14,17,22-23H2,1-7H3,(H,52,54,62)/t27-,28-,30-,48+/m1/s1. The summed E-state index contributed by atoms with van der Waals surface area (Å²) in [7, 11) is 1.72. The van der Waals surface area contributed by atoms with E-state index < -0.39 is 28.8 Å². The van der Waals surface area contributed by atoms with E-state index in [-0.39, 0.29) is 40.2 Å². The Morgan fingerprint density at radius 2 is 1.68 bits per heavy atom. The molecule has 0 bridgehead atoms. The number of rotatable bonds is 7. The van der Waals surface area contributed by atoms with Gasteiger partial charge in [0.25, 0.3) is 5.91 Å². The Labute approximate surface area is 370 Å². The van der Waals surface area contributed by atoms with Gasteiger partial charge in [-0.15, -0.1) is 0 Å². The first kappa shape index (κ1) is 40.9. The molecular weight excluding hydrogens is 835 g/mol. The quantitative estimate of drug-likeness (QED) is 0.173. The average molecular weight is 883 g/mol. The Morgan fingerprint density at radius 1 is 0.938 bits per heavy atom. The first-order valence-electron chi connectivity index (χ1n) is 22.0. The molecule has 2 aliphatic heterocycles. The number of aryl methyl sites for hydroxylation is 3. The lowest BCUT2D eigenvalue weighted by Crippen LogP contribution is -2.41. The van der Waals surface area contributed by atoms with Crippen molar-refractivity contribution in [2.24, 2.45) is 13.0 Å². The minimum Gasteiger partial charge on any atom is -0.376 e. The third-order valence-electron chi connectivity index (χ3n) is 14.2. The summed E-state index contributed by atoms with van der Waals surface area (Å²) >= 11 is 0. The second kappa shape index (κ2) is 14.3. The van der Waals surface area contributed by atoms with Crippen LogP contribution in [-0.4, -0.2) is 73.0 Å². The highest BCUT2D eigenvalue weighted by atomic mass is 19.1. The lowest BCUT2D eigenvalue weighted by Gasteiger charge is -2.35. The molecule has 11 rings (SSSR count). The molecule has 4 atom stereocenters. The number of carbonyl (C=O) groups excluding carboxylic acids is 1. The molecule has 3 aliphatic rings. The van der Waals surface area contributed by atoms with Crippen molar-refractivity contribution in [1.82, 2.24) is 48.3 Å². The number of aromatic amines is 1. The number of aromatic nitrogens is 9. The second-order valence-corrected chi connectivity index (χ2v) is 18.8. The molecule has 0 spiro atoms. The minimum atomic E-state index is -0.857. The third kappa shape index (κ3) is 6.14. The van der Waals surface area contributed by atoms with E-state index in [4.69, 9.17) is 14.4 Å². The number of nitrogens with zero attached hydrogens (tertiary/aromatic N) is 9. The normalized spacial score (nSPS) is 21.7. The Morgan fingerprint density at radius 3 is 2.38 bits per heavy atom. The van der Waals surface area contributed by atoms with Crippen LogP contribution in [0.1, 0.15) is 103 Å². The van der Waals surface area contributed by atoms with Gasteiger partial charge in [-0.3, -0.25) is 28.1 Å². The number of halogens is 2. The van der Waals surface area contributed by atoms with Gasteiger partial charge in [0.2, 0.25) is 0 Å². The van der Waals surface area contributed by atoms with Crippen molar-refractivity contribution in [3.05, 3.63) is 139 Å². The van der Waals surface area contributed by atoms with Crippen LogP contribution >= 0.6 is 0 Å². The number of nitrogens with one attached hydrogen (secondary N) is 1. The molecule has 15 nitrogen and oxygen atoms in total. The number of hydrogen-bond acceptors (Lipinski definition) is 8. The largest absolute Gasteiger partial charge is 0.438 e. The molecule has 1 saturated carbocycles. The van der Waals surface area contributed by atoms with E-state index in [0.717, 1.165) is 29.3 Å². The summed E-state index contributed by atoms with van der Waals surface area (Å²) < 4.78 is 50.2. The van der Waals surface area contributed by atoms with Crippen LogP contribution in [0.25, 0.3) is 39.0 Å². The van der Waals surface area contributed by atoms with Crippen LogP contribution in [0.15, 0.2) is 81.2 Å². The van der Waals surface area contributed by atoms with Gasteiger partial charge in [0, 0.05) is 55.5 Å². The molecule has 1 saturated heterocycles. The average Bonchev–Trinajstić information content (AvgIpc) is 3.90. The van der Waals surface area contributed by atoms with Crippen molar-refractivity contribution in [3.63, 3.8) is 0 Å². The van der Waals surface area contributed by atoms with Crippen molar-refractivity contribution in [3.8, 4) is 17.2 Å². The maximum Gasteiger partial charge on any atom is 0.438 e. The molecule has 65 heavy (non-hydrogen) atoms. The van der Waals surface area contributed by atoms with E-state index in [2.05, 4.69) is 54.2 Å². The zero-order chi connectivity index (χ0) is 45.4. The van der Waals surface area contributed by atoms with E-state index in [1.165, 1.54) is 21.5 Å². The van der Waals surface area contributed by atoms with E-state index in [1.54, 1.807) is 65.6 Å². The number of carbonyl (C=O) groups is 1. The maximum atomic E-state index is 16.1. The van der Waals surface area contributed by atoms with Crippen molar-refractivity contribution in [1.29, 1.82) is 0 Å². The van der Waals surface area contributed by atoms with Gasteiger partial charge >= 0.3 is 11.4 Å². The zero-order valence-corrected chi connectivity index (χ0v) is 37.1. The lowest BCUT2D eigenvalue weighted by molar-refractivity contribution is -0.0592. The van der Waals surface area contributed by atoms with E-state index >= 15 is 13.6 Å². The first-order chi connectivity index (χ1) is 31.1. The number of hydrogen-bond donors (Lipinski definition) is 1. The van der Waals surface area contributed by atoms with E-state index in [9.17, 15) is 9.59 Å². The summed E-state index contributed by atoms with van der Waals surface area (Å²) in [6.07, 6.45) is 7.17. The van der Waals surface area contributed by atoms with Crippen LogP contribution in [0.2, 0.25) is 0 Å². The fourth-order valence-electron chi connectivity index (χ4n) is 10.8. The van der Waals surface area contributed by atoms with Gasteiger partial charge in [0.1, 0.15) is 22.9 Å². The van der Waals surface area contributed by atoms with Crippen LogP contribution in [0.4, 0.5) is 8.78 Å². The Hall–Kier alpha value is -6.88. The van der Waals surface area contributed by atoms with Crippen LogP contribution in [-0.2, 0) is 23.7 Å². The van der Waals surface area contributed by atoms with Crippen LogP contribution in [0.3, 0.4) is 0 Å². The van der Waals surface area contributed by atoms with Crippen molar-refractivity contribution >= 4 is 27.7 Å². The van der Waals surface area contributed by atoms with Crippen LogP contribution in [0.5, 0.6) is 0 Å². The highest BCUT2D eigenvalue weighted by Crippen LogP contribution is 2.56. The van der Waals surface area contributed by atoms with Gasteiger partial charge in [0.15, 0.2) is 11.6 Å². The number of fused-ring (bicyclic) bond motifs is 3. The summed E-state index contributed by atoms with van der Waals surface area (Å²) in [5.74, 6) is -0.925. The molecule has 0 radical (unpaired) electrons. The van der Waals surface area contributed by atoms with Gasteiger partial charge in [-0.05, 0) is 125 Å². The molecule has 1 aliphatic carbocycles. The topological polar surface area (TPSA) is 156 Å². The molecule has 1 N–H and O–H groups in total. The van der Waals surface area contributed by atoms with Gasteiger partial charge < -0.3 is 14.2 Å². The predicted octanol–water partition coefficient (Wildman–Crippen LogP) is 7.44. The molecule has 7 heterocycles. The van der Waals surface area contributed by atoms with Gasteiger partial charge in [-0.25, -0.2) is 23.1 Å². The van der Waals surface area contributed by atoms with Crippen molar-refractivity contribution in [2.45, 2.75) is 90.3 Å².